The third kappa shape index (κ3) is 2.03. The summed E-state index contributed by atoms with van der Waals surface area (Å²) in [7, 11) is 0. The van der Waals surface area contributed by atoms with Crippen LogP contribution in [0.1, 0.15) is 19.3 Å². The van der Waals surface area contributed by atoms with Crippen LogP contribution in [0.3, 0.4) is 0 Å². The van der Waals surface area contributed by atoms with E-state index in [2.05, 4.69) is 5.32 Å². The van der Waals surface area contributed by atoms with Crippen LogP contribution in [-0.2, 0) is 4.79 Å². The lowest BCUT2D eigenvalue weighted by molar-refractivity contribution is -0.121. The normalized spacial score (nSPS) is 25.0. The number of imide groups is 1. The van der Waals surface area contributed by atoms with Crippen LogP contribution in [0.5, 0.6) is 0 Å². The molecular formula is C9H14N2O2S. The first-order valence-electron chi connectivity index (χ1n) is 4.95. The minimum atomic E-state index is -0.196. The van der Waals surface area contributed by atoms with Crippen LogP contribution < -0.4 is 5.32 Å². The molecule has 0 unspecified atom stereocenters. The highest BCUT2D eigenvalue weighted by atomic mass is 32.2. The molecule has 0 bridgehead atoms. The first-order valence-corrected chi connectivity index (χ1v) is 6.11. The van der Waals surface area contributed by atoms with E-state index in [-0.39, 0.29) is 11.9 Å². The van der Waals surface area contributed by atoms with Gasteiger partial charge in [0.2, 0.25) is 5.91 Å². The van der Waals surface area contributed by atoms with Crippen LogP contribution in [0.15, 0.2) is 0 Å². The van der Waals surface area contributed by atoms with Crippen LogP contribution in [0.25, 0.3) is 0 Å². The van der Waals surface area contributed by atoms with Crippen LogP contribution >= 0.6 is 11.8 Å². The summed E-state index contributed by atoms with van der Waals surface area (Å²) in [5.41, 5.74) is 0. The molecule has 4 nitrogen and oxygen atoms in total. The zero-order valence-corrected chi connectivity index (χ0v) is 8.81. The third-order valence-electron chi connectivity index (χ3n) is 2.72. The van der Waals surface area contributed by atoms with Gasteiger partial charge in [-0.25, -0.2) is 4.79 Å². The average Bonchev–Trinajstić information content (AvgIpc) is 2.19. The third-order valence-corrected chi connectivity index (χ3v) is 3.77. The number of nitrogens with zero attached hydrogens (tertiary/aromatic N) is 1. The highest BCUT2D eigenvalue weighted by molar-refractivity contribution is 7.99. The largest absolute Gasteiger partial charge is 0.324 e. The minimum absolute atomic E-state index is 0.142. The Morgan fingerprint density at radius 2 is 2.00 bits per heavy atom. The molecule has 2 aliphatic heterocycles. The highest BCUT2D eigenvalue weighted by Crippen LogP contribution is 2.22. The molecule has 0 aromatic rings. The van der Waals surface area contributed by atoms with Gasteiger partial charge in [0.05, 0.1) is 0 Å². The van der Waals surface area contributed by atoms with E-state index in [1.165, 1.54) is 0 Å². The van der Waals surface area contributed by atoms with Gasteiger partial charge in [0.1, 0.15) is 0 Å². The lowest BCUT2D eigenvalue weighted by atomic mass is 10.1. The molecule has 5 heteroatoms. The Morgan fingerprint density at radius 3 is 2.64 bits per heavy atom. The number of amides is 3. The molecule has 0 aromatic carbocycles. The van der Waals surface area contributed by atoms with Crippen LogP contribution in [-0.4, -0.2) is 40.9 Å². The number of carbonyl (C=O) groups excluding carboxylic acids is 2. The monoisotopic (exact) mass is 214 g/mol. The van der Waals surface area contributed by atoms with E-state index in [1.54, 1.807) is 0 Å². The molecule has 1 N–H and O–H groups in total. The van der Waals surface area contributed by atoms with Crippen molar-refractivity contribution in [3.05, 3.63) is 0 Å². The molecule has 2 fully saturated rings. The Bertz CT molecular complexity index is 251. The molecular weight excluding hydrogens is 200 g/mol. The van der Waals surface area contributed by atoms with E-state index < -0.39 is 0 Å². The van der Waals surface area contributed by atoms with E-state index in [9.17, 15) is 9.59 Å². The number of nitrogens with one attached hydrogen (secondary N) is 1. The summed E-state index contributed by atoms with van der Waals surface area (Å²) >= 11 is 1.94. The van der Waals surface area contributed by atoms with Crippen molar-refractivity contribution in [2.24, 2.45) is 0 Å². The number of carbonyl (C=O) groups is 2. The molecule has 0 saturated carbocycles. The standard InChI is InChI=1S/C9H14N2O2S/c12-8-1-4-11(9(13)10-8)7-2-5-14-6-3-7/h7H,1-6H2,(H,10,12,13). The summed E-state index contributed by atoms with van der Waals surface area (Å²) in [4.78, 5) is 24.3. The van der Waals surface area contributed by atoms with Crippen molar-refractivity contribution < 1.29 is 9.59 Å². The Hall–Kier alpha value is -0.710. The van der Waals surface area contributed by atoms with Crippen molar-refractivity contribution in [2.75, 3.05) is 18.1 Å². The van der Waals surface area contributed by atoms with Crippen molar-refractivity contribution in [3.8, 4) is 0 Å². The maximum absolute atomic E-state index is 11.5. The number of rotatable bonds is 1. The minimum Gasteiger partial charge on any atom is -0.321 e. The molecule has 0 spiro atoms. The zero-order chi connectivity index (χ0) is 9.97. The van der Waals surface area contributed by atoms with E-state index >= 15 is 0 Å². The van der Waals surface area contributed by atoms with E-state index in [4.69, 9.17) is 0 Å². The van der Waals surface area contributed by atoms with Crippen molar-refractivity contribution in [2.45, 2.75) is 25.3 Å². The maximum Gasteiger partial charge on any atom is 0.324 e. The van der Waals surface area contributed by atoms with Gasteiger partial charge in [-0.05, 0) is 24.3 Å². The molecule has 2 heterocycles. The summed E-state index contributed by atoms with van der Waals surface area (Å²) < 4.78 is 0. The van der Waals surface area contributed by atoms with Crippen LogP contribution in [0.2, 0.25) is 0 Å². The Kier molecular flexibility index (Phi) is 2.96. The van der Waals surface area contributed by atoms with E-state index in [0.29, 0.717) is 19.0 Å². The van der Waals surface area contributed by atoms with Gasteiger partial charge in [-0.15, -0.1) is 0 Å². The second-order valence-corrected chi connectivity index (χ2v) is 4.87. The number of thioether (sulfide) groups is 1. The predicted molar refractivity (Wildman–Crippen MR) is 55.2 cm³/mol. The van der Waals surface area contributed by atoms with Crippen molar-refractivity contribution in [1.29, 1.82) is 0 Å². The van der Waals surface area contributed by atoms with Gasteiger partial charge in [0, 0.05) is 19.0 Å². The Balaban J connectivity index is 1.95. The van der Waals surface area contributed by atoms with Gasteiger partial charge in [0.15, 0.2) is 0 Å². The molecule has 2 saturated heterocycles. The molecule has 0 aromatic heterocycles. The lowest BCUT2D eigenvalue weighted by Crippen LogP contribution is -2.54. The fraction of sp³-hybridized carbons (Fsp3) is 0.778. The van der Waals surface area contributed by atoms with Gasteiger partial charge in [0.25, 0.3) is 0 Å². The molecule has 2 aliphatic rings. The van der Waals surface area contributed by atoms with Crippen molar-refractivity contribution in [1.82, 2.24) is 10.2 Å². The molecule has 78 valence electrons. The predicted octanol–water partition coefficient (Wildman–Crippen LogP) is 0.824. The second kappa shape index (κ2) is 4.21. The molecule has 14 heavy (non-hydrogen) atoms. The summed E-state index contributed by atoms with van der Waals surface area (Å²) in [6.45, 7) is 0.597. The van der Waals surface area contributed by atoms with E-state index in [0.717, 1.165) is 24.3 Å². The van der Waals surface area contributed by atoms with Gasteiger partial charge in [-0.2, -0.15) is 11.8 Å². The quantitative estimate of drug-likeness (QED) is 0.703. The zero-order valence-electron chi connectivity index (χ0n) is 7.99. The number of urea groups is 1. The molecule has 0 aliphatic carbocycles. The highest BCUT2D eigenvalue weighted by Gasteiger charge is 2.29. The topological polar surface area (TPSA) is 49.4 Å². The molecule has 3 amide bonds. The van der Waals surface area contributed by atoms with Crippen LogP contribution in [0.4, 0.5) is 4.79 Å². The maximum atomic E-state index is 11.5. The van der Waals surface area contributed by atoms with Gasteiger partial charge < -0.3 is 4.90 Å². The average molecular weight is 214 g/mol. The SMILES string of the molecule is O=C1CCN(C2CCSCC2)C(=O)N1. The Labute approximate surface area is 87.4 Å². The van der Waals surface area contributed by atoms with Crippen molar-refractivity contribution in [3.63, 3.8) is 0 Å². The fourth-order valence-corrected chi connectivity index (χ4v) is 3.00. The molecule has 2 rings (SSSR count). The fourth-order valence-electron chi connectivity index (χ4n) is 1.92. The van der Waals surface area contributed by atoms with Gasteiger partial charge >= 0.3 is 6.03 Å². The van der Waals surface area contributed by atoms with Gasteiger partial charge in [-0.1, -0.05) is 0 Å². The summed E-state index contributed by atoms with van der Waals surface area (Å²) in [6.07, 6.45) is 2.58. The first-order chi connectivity index (χ1) is 6.77. The Morgan fingerprint density at radius 1 is 1.29 bits per heavy atom. The number of hydrogen-bond acceptors (Lipinski definition) is 3. The van der Waals surface area contributed by atoms with Crippen molar-refractivity contribution >= 4 is 23.7 Å². The first kappa shape index (κ1) is 9.83. The van der Waals surface area contributed by atoms with Gasteiger partial charge in [-0.3, -0.25) is 10.1 Å². The molecule has 0 atom stereocenters. The summed E-state index contributed by atoms with van der Waals surface area (Å²) in [6, 6.07) is 0.155. The summed E-state index contributed by atoms with van der Waals surface area (Å²) in [5, 5.41) is 2.37. The van der Waals surface area contributed by atoms with Crippen LogP contribution in [0, 0.1) is 0 Å². The van der Waals surface area contributed by atoms with E-state index in [1.807, 2.05) is 16.7 Å². The smallest absolute Gasteiger partial charge is 0.321 e. The lowest BCUT2D eigenvalue weighted by Gasteiger charge is -2.36. The number of hydrogen-bond donors (Lipinski definition) is 1. The molecule has 0 radical (unpaired) electrons. The summed E-state index contributed by atoms with van der Waals surface area (Å²) in [5.74, 6) is 2.11. The second-order valence-electron chi connectivity index (χ2n) is 3.64.